The van der Waals surface area contributed by atoms with Gasteiger partial charge in [0.1, 0.15) is 24.4 Å². The monoisotopic (exact) mass is 980 g/mol. The van der Waals surface area contributed by atoms with Crippen molar-refractivity contribution >= 4 is 5.91 Å². The van der Waals surface area contributed by atoms with Gasteiger partial charge in [0, 0.05) is 6.42 Å². The van der Waals surface area contributed by atoms with Crippen LogP contribution in [0.5, 0.6) is 0 Å². The minimum Gasteiger partial charge on any atom is -0.394 e. The molecule has 6 N–H and O–H groups in total. The second kappa shape index (κ2) is 50.5. The van der Waals surface area contributed by atoms with Crippen LogP contribution in [0.15, 0.2) is 12.2 Å². The summed E-state index contributed by atoms with van der Waals surface area (Å²) in [5.74, 6) is -0.139. The molecule has 1 heterocycles. The SMILES string of the molecule is CCCCCCCCCCCCCC/C=C\CCCCCCCCCCCCCCC(=O)NC(COC1OC(CO)C(O)C(O)C1O)C(O)CCCCCCCCCCCCCCCCCCCC. The molecule has 1 aliphatic heterocycles. The minimum absolute atomic E-state index is 0.133. The van der Waals surface area contributed by atoms with E-state index in [2.05, 4.69) is 31.3 Å². The predicted molar refractivity (Wildman–Crippen MR) is 291 cm³/mol. The first-order valence-electron chi connectivity index (χ1n) is 30.4. The largest absolute Gasteiger partial charge is 0.394 e. The van der Waals surface area contributed by atoms with E-state index >= 15 is 0 Å². The molecule has 69 heavy (non-hydrogen) atoms. The molecule has 0 aliphatic carbocycles. The van der Waals surface area contributed by atoms with Crippen LogP contribution in [0.25, 0.3) is 0 Å². The Labute approximate surface area is 426 Å². The zero-order valence-corrected chi connectivity index (χ0v) is 45.6. The highest BCUT2D eigenvalue weighted by molar-refractivity contribution is 5.76. The lowest BCUT2D eigenvalue weighted by Gasteiger charge is -2.40. The quantitative estimate of drug-likeness (QED) is 0.0261. The molecule has 1 saturated heterocycles. The van der Waals surface area contributed by atoms with Gasteiger partial charge in [0.25, 0.3) is 0 Å². The van der Waals surface area contributed by atoms with E-state index in [1.807, 2.05) is 0 Å². The normalized spacial score (nSPS) is 19.4. The highest BCUT2D eigenvalue weighted by atomic mass is 16.7. The maximum atomic E-state index is 13.1. The number of amides is 1. The van der Waals surface area contributed by atoms with Crippen LogP contribution in [0.4, 0.5) is 0 Å². The van der Waals surface area contributed by atoms with Crippen molar-refractivity contribution < 1.29 is 39.8 Å². The zero-order valence-electron chi connectivity index (χ0n) is 45.6. The molecule has 0 spiro atoms. The Balaban J connectivity index is 2.15. The number of unbranched alkanes of at least 4 members (excludes halogenated alkanes) is 41. The van der Waals surface area contributed by atoms with E-state index in [0.717, 1.165) is 38.5 Å². The number of rotatable bonds is 53. The van der Waals surface area contributed by atoms with E-state index in [1.54, 1.807) is 0 Å². The van der Waals surface area contributed by atoms with Gasteiger partial charge in [0.2, 0.25) is 5.91 Å². The number of allylic oxidation sites excluding steroid dienone is 2. The summed E-state index contributed by atoms with van der Waals surface area (Å²) < 4.78 is 11.3. The molecule has 1 fully saturated rings. The molecule has 7 unspecified atom stereocenters. The Kier molecular flexibility index (Phi) is 48.2. The second-order valence-corrected chi connectivity index (χ2v) is 21.5. The first-order valence-corrected chi connectivity index (χ1v) is 30.4. The maximum absolute atomic E-state index is 13.1. The van der Waals surface area contributed by atoms with E-state index in [-0.39, 0.29) is 12.5 Å². The van der Waals surface area contributed by atoms with Crippen molar-refractivity contribution in [2.45, 2.75) is 352 Å². The third-order valence-corrected chi connectivity index (χ3v) is 14.9. The van der Waals surface area contributed by atoms with Crippen LogP contribution < -0.4 is 5.32 Å². The minimum atomic E-state index is -1.55. The van der Waals surface area contributed by atoms with Gasteiger partial charge in [-0.3, -0.25) is 4.79 Å². The molecule has 410 valence electrons. The topological polar surface area (TPSA) is 149 Å². The van der Waals surface area contributed by atoms with Crippen LogP contribution in [0.2, 0.25) is 0 Å². The number of aliphatic hydroxyl groups is 5. The highest BCUT2D eigenvalue weighted by Crippen LogP contribution is 2.23. The van der Waals surface area contributed by atoms with E-state index < -0.39 is 49.5 Å². The molecule has 0 bridgehead atoms. The molecule has 1 aliphatic rings. The molecule has 9 nitrogen and oxygen atoms in total. The summed E-state index contributed by atoms with van der Waals surface area (Å²) in [5.41, 5.74) is 0. The molecule has 1 amide bonds. The third-order valence-electron chi connectivity index (χ3n) is 14.9. The Morgan fingerprint density at radius 2 is 0.812 bits per heavy atom. The Hall–Kier alpha value is -1.07. The summed E-state index contributed by atoms with van der Waals surface area (Å²) >= 11 is 0. The van der Waals surface area contributed by atoms with Crippen LogP contribution in [-0.2, 0) is 14.3 Å². The third kappa shape index (κ3) is 40.1. The molecule has 0 radical (unpaired) electrons. The van der Waals surface area contributed by atoms with Gasteiger partial charge in [0.15, 0.2) is 6.29 Å². The number of hydrogen-bond acceptors (Lipinski definition) is 8. The van der Waals surface area contributed by atoms with E-state index in [4.69, 9.17) is 9.47 Å². The molecule has 0 aromatic heterocycles. The van der Waals surface area contributed by atoms with E-state index in [1.165, 1.54) is 244 Å². The standard InChI is InChI=1S/C60H117NO8/c1-3-5-7-9-11-13-15-17-19-21-23-24-25-26-27-28-29-30-31-32-34-36-38-40-42-44-46-48-50-56(64)61-53(52-68-60-59(67)58(66)57(65)55(51-62)69-60)54(63)49-47-45-43-41-39-37-35-33-22-20-18-16-14-12-10-8-6-4-2/h26-27,53-55,57-60,62-63,65-67H,3-25,28-52H2,1-2H3,(H,61,64)/b27-26-. The number of carbonyl (C=O) groups excluding carboxylic acids is 1. The number of carbonyl (C=O) groups is 1. The molecule has 0 aromatic rings. The molecule has 0 aromatic carbocycles. The first kappa shape index (κ1) is 65.9. The van der Waals surface area contributed by atoms with Crippen LogP contribution in [-0.4, -0.2) is 87.5 Å². The van der Waals surface area contributed by atoms with Crippen molar-refractivity contribution in [3.05, 3.63) is 12.2 Å². The van der Waals surface area contributed by atoms with Crippen LogP contribution in [0.3, 0.4) is 0 Å². The Morgan fingerprint density at radius 3 is 1.17 bits per heavy atom. The summed E-state index contributed by atoms with van der Waals surface area (Å²) in [6, 6.07) is -0.716. The van der Waals surface area contributed by atoms with Crippen molar-refractivity contribution in [1.82, 2.24) is 5.32 Å². The number of hydrogen-bond donors (Lipinski definition) is 6. The molecular formula is C60H117NO8. The summed E-state index contributed by atoms with van der Waals surface area (Å²) in [7, 11) is 0. The lowest BCUT2D eigenvalue weighted by molar-refractivity contribution is -0.302. The van der Waals surface area contributed by atoms with Gasteiger partial charge < -0.3 is 40.3 Å². The van der Waals surface area contributed by atoms with Crippen LogP contribution in [0, 0.1) is 0 Å². The maximum Gasteiger partial charge on any atom is 0.220 e. The fourth-order valence-corrected chi connectivity index (χ4v) is 10.0. The molecule has 0 saturated carbocycles. The smallest absolute Gasteiger partial charge is 0.220 e. The second-order valence-electron chi connectivity index (χ2n) is 21.5. The van der Waals surface area contributed by atoms with Crippen molar-refractivity contribution in [1.29, 1.82) is 0 Å². The van der Waals surface area contributed by atoms with Crippen LogP contribution in [0.1, 0.15) is 309 Å². The van der Waals surface area contributed by atoms with Crippen molar-refractivity contribution in [3.63, 3.8) is 0 Å². The average molecular weight is 981 g/mol. The Bertz CT molecular complexity index is 1090. The van der Waals surface area contributed by atoms with Gasteiger partial charge in [-0.05, 0) is 38.5 Å². The summed E-state index contributed by atoms with van der Waals surface area (Å²) in [4.78, 5) is 13.1. The summed E-state index contributed by atoms with van der Waals surface area (Å²) in [5, 5.41) is 54.7. The van der Waals surface area contributed by atoms with Gasteiger partial charge in [-0.25, -0.2) is 0 Å². The van der Waals surface area contributed by atoms with Crippen molar-refractivity contribution in [2.24, 2.45) is 0 Å². The fourth-order valence-electron chi connectivity index (χ4n) is 10.0. The molecule has 1 rings (SSSR count). The average Bonchev–Trinajstić information content (AvgIpc) is 3.35. The molecular weight excluding hydrogens is 863 g/mol. The number of nitrogens with one attached hydrogen (secondary N) is 1. The van der Waals surface area contributed by atoms with E-state index in [9.17, 15) is 30.3 Å². The first-order chi connectivity index (χ1) is 33.8. The number of aliphatic hydroxyl groups excluding tert-OH is 5. The fraction of sp³-hybridized carbons (Fsp3) is 0.950. The predicted octanol–water partition coefficient (Wildman–Crippen LogP) is 15.2. The lowest BCUT2D eigenvalue weighted by atomic mass is 9.99. The highest BCUT2D eigenvalue weighted by Gasteiger charge is 2.44. The van der Waals surface area contributed by atoms with Gasteiger partial charge in [0.05, 0.1) is 25.4 Å². The van der Waals surface area contributed by atoms with E-state index in [0.29, 0.717) is 12.8 Å². The Morgan fingerprint density at radius 1 is 0.478 bits per heavy atom. The zero-order chi connectivity index (χ0) is 50.1. The lowest BCUT2D eigenvalue weighted by Crippen LogP contribution is -2.60. The molecule has 7 atom stereocenters. The van der Waals surface area contributed by atoms with Gasteiger partial charge >= 0.3 is 0 Å². The molecule has 9 heteroatoms. The number of ether oxygens (including phenoxy) is 2. The van der Waals surface area contributed by atoms with Crippen molar-refractivity contribution in [2.75, 3.05) is 13.2 Å². The van der Waals surface area contributed by atoms with Crippen molar-refractivity contribution in [3.8, 4) is 0 Å². The summed E-state index contributed by atoms with van der Waals surface area (Å²) in [6.45, 7) is 3.88. The van der Waals surface area contributed by atoms with Gasteiger partial charge in [-0.15, -0.1) is 0 Å². The van der Waals surface area contributed by atoms with Gasteiger partial charge in [-0.1, -0.05) is 276 Å². The summed E-state index contributed by atoms with van der Waals surface area (Å²) in [6.07, 6.45) is 55.3. The van der Waals surface area contributed by atoms with Crippen LogP contribution >= 0.6 is 0 Å². The van der Waals surface area contributed by atoms with Gasteiger partial charge in [-0.2, -0.15) is 0 Å².